The topological polar surface area (TPSA) is 50.4 Å². The van der Waals surface area contributed by atoms with Crippen molar-refractivity contribution >= 4 is 5.91 Å². The van der Waals surface area contributed by atoms with Crippen LogP contribution in [0.5, 0.6) is 0 Å². The van der Waals surface area contributed by atoms with Gasteiger partial charge in [0, 0.05) is 18.5 Å². The number of carbonyl (C=O) groups is 1. The average Bonchev–Trinajstić information content (AvgIpc) is 3.19. The van der Waals surface area contributed by atoms with Gasteiger partial charge in [-0.2, -0.15) is 0 Å². The van der Waals surface area contributed by atoms with Gasteiger partial charge in [0.05, 0.1) is 12.7 Å². The van der Waals surface area contributed by atoms with Crippen molar-refractivity contribution in [3.8, 4) is 0 Å². The summed E-state index contributed by atoms with van der Waals surface area (Å²) in [6, 6.07) is 10.4. The lowest BCUT2D eigenvalue weighted by molar-refractivity contribution is -0.129. The second-order valence-corrected chi connectivity index (χ2v) is 5.38. The Morgan fingerprint density at radius 2 is 2.16 bits per heavy atom. The molecule has 1 amide bonds. The van der Waals surface area contributed by atoms with E-state index >= 15 is 0 Å². The van der Waals surface area contributed by atoms with E-state index < -0.39 is 0 Å². The molecule has 102 valence electrons. The van der Waals surface area contributed by atoms with Crippen molar-refractivity contribution < 1.29 is 9.53 Å². The number of morpholine rings is 1. The van der Waals surface area contributed by atoms with Crippen LogP contribution in [0.3, 0.4) is 0 Å². The summed E-state index contributed by atoms with van der Waals surface area (Å²) in [5, 5.41) is 6.34. The van der Waals surface area contributed by atoms with E-state index in [0.717, 1.165) is 13.0 Å². The molecule has 1 heterocycles. The highest BCUT2D eigenvalue weighted by molar-refractivity contribution is 5.83. The summed E-state index contributed by atoms with van der Waals surface area (Å²) < 4.78 is 5.50. The van der Waals surface area contributed by atoms with E-state index in [1.54, 1.807) is 0 Å². The molecule has 1 saturated carbocycles. The van der Waals surface area contributed by atoms with Gasteiger partial charge in [-0.15, -0.1) is 0 Å². The summed E-state index contributed by atoms with van der Waals surface area (Å²) in [4.78, 5) is 12.2. The average molecular weight is 260 g/mol. The minimum absolute atomic E-state index is 0.0531. The van der Waals surface area contributed by atoms with Crippen LogP contribution in [0, 0.1) is 0 Å². The van der Waals surface area contributed by atoms with Crippen molar-refractivity contribution in [3.63, 3.8) is 0 Å². The van der Waals surface area contributed by atoms with Gasteiger partial charge < -0.3 is 15.4 Å². The molecular formula is C15H20N2O2. The molecule has 1 aliphatic heterocycles. The predicted octanol–water partition coefficient (Wildman–Crippen LogP) is 1.04. The number of hydrogen-bond donors (Lipinski definition) is 2. The first-order valence-electron chi connectivity index (χ1n) is 6.96. The van der Waals surface area contributed by atoms with Crippen LogP contribution in [-0.2, 0) is 9.53 Å². The number of carbonyl (C=O) groups excluding carboxylic acids is 1. The minimum atomic E-state index is -0.217. The monoisotopic (exact) mass is 260 g/mol. The summed E-state index contributed by atoms with van der Waals surface area (Å²) in [5.74, 6) is 0.542. The summed E-state index contributed by atoms with van der Waals surface area (Å²) in [5.41, 5.74) is 1.31. The standard InChI is InChI=1S/C15H20N2O2/c1-10-14(16-7-8-19-10)15(18)17-13-9-12(13)11-5-3-2-4-6-11/h2-6,10,12-14,16H,7-9H2,1H3,(H,17,18)/t10-,12?,13?,14+/m1/s1. The molecule has 0 bridgehead atoms. The second kappa shape index (κ2) is 5.31. The van der Waals surface area contributed by atoms with E-state index in [9.17, 15) is 4.79 Å². The number of hydrogen-bond acceptors (Lipinski definition) is 3. The van der Waals surface area contributed by atoms with Gasteiger partial charge in [0.1, 0.15) is 6.04 Å². The zero-order valence-corrected chi connectivity index (χ0v) is 11.1. The Hall–Kier alpha value is -1.39. The molecule has 2 unspecified atom stereocenters. The van der Waals surface area contributed by atoms with Crippen LogP contribution in [-0.4, -0.2) is 37.2 Å². The molecule has 4 nitrogen and oxygen atoms in total. The molecule has 0 aromatic heterocycles. The highest BCUT2D eigenvalue weighted by Gasteiger charge is 2.41. The van der Waals surface area contributed by atoms with E-state index in [2.05, 4.69) is 22.8 Å². The minimum Gasteiger partial charge on any atom is -0.375 e. The summed E-state index contributed by atoms with van der Waals surface area (Å²) in [7, 11) is 0. The van der Waals surface area contributed by atoms with E-state index in [1.807, 2.05) is 25.1 Å². The summed E-state index contributed by atoms with van der Waals surface area (Å²) in [6.07, 6.45) is 0.986. The van der Waals surface area contributed by atoms with Gasteiger partial charge in [-0.3, -0.25) is 4.79 Å². The SMILES string of the molecule is C[C@H]1OCCN[C@@H]1C(=O)NC1CC1c1ccccc1. The highest BCUT2D eigenvalue weighted by atomic mass is 16.5. The Balaban J connectivity index is 1.54. The van der Waals surface area contributed by atoms with Crippen LogP contribution in [0.1, 0.15) is 24.8 Å². The van der Waals surface area contributed by atoms with Crippen molar-refractivity contribution in [3.05, 3.63) is 35.9 Å². The first-order valence-corrected chi connectivity index (χ1v) is 6.96. The van der Waals surface area contributed by atoms with Crippen molar-refractivity contribution in [1.29, 1.82) is 0 Å². The van der Waals surface area contributed by atoms with Crippen molar-refractivity contribution in [2.45, 2.75) is 37.5 Å². The van der Waals surface area contributed by atoms with Gasteiger partial charge in [0.25, 0.3) is 0 Å². The molecule has 4 atom stereocenters. The number of nitrogens with one attached hydrogen (secondary N) is 2. The number of benzene rings is 1. The van der Waals surface area contributed by atoms with Crippen LogP contribution in [0.2, 0.25) is 0 Å². The third-order valence-corrected chi connectivity index (χ3v) is 3.94. The number of rotatable bonds is 3. The Bertz CT molecular complexity index is 449. The molecule has 1 aliphatic carbocycles. The molecule has 1 saturated heterocycles. The van der Waals surface area contributed by atoms with Gasteiger partial charge >= 0.3 is 0 Å². The lowest BCUT2D eigenvalue weighted by Crippen LogP contribution is -2.55. The molecule has 2 fully saturated rings. The molecule has 1 aromatic rings. The predicted molar refractivity (Wildman–Crippen MR) is 72.9 cm³/mol. The molecule has 1 aromatic carbocycles. The molecule has 2 aliphatic rings. The first-order chi connectivity index (χ1) is 9.25. The van der Waals surface area contributed by atoms with Crippen LogP contribution in [0.25, 0.3) is 0 Å². The molecule has 4 heteroatoms. The Labute approximate surface area is 113 Å². The zero-order chi connectivity index (χ0) is 13.2. The maximum atomic E-state index is 12.2. The van der Waals surface area contributed by atoms with Crippen LogP contribution < -0.4 is 10.6 Å². The van der Waals surface area contributed by atoms with E-state index in [-0.39, 0.29) is 24.1 Å². The Morgan fingerprint density at radius 1 is 1.37 bits per heavy atom. The number of amides is 1. The van der Waals surface area contributed by atoms with Gasteiger partial charge in [-0.25, -0.2) is 0 Å². The normalized spacial score (nSPS) is 33.7. The van der Waals surface area contributed by atoms with Crippen LogP contribution in [0.15, 0.2) is 30.3 Å². The van der Waals surface area contributed by atoms with Gasteiger partial charge in [-0.1, -0.05) is 30.3 Å². The van der Waals surface area contributed by atoms with Crippen molar-refractivity contribution in [1.82, 2.24) is 10.6 Å². The number of ether oxygens (including phenoxy) is 1. The maximum absolute atomic E-state index is 12.2. The fourth-order valence-corrected chi connectivity index (χ4v) is 2.72. The highest BCUT2D eigenvalue weighted by Crippen LogP contribution is 2.40. The summed E-state index contributed by atoms with van der Waals surface area (Å²) in [6.45, 7) is 3.37. The van der Waals surface area contributed by atoms with Crippen molar-refractivity contribution in [2.24, 2.45) is 0 Å². The van der Waals surface area contributed by atoms with Gasteiger partial charge in [0.2, 0.25) is 5.91 Å². The lowest BCUT2D eigenvalue weighted by Gasteiger charge is -2.29. The lowest BCUT2D eigenvalue weighted by atomic mass is 10.1. The quantitative estimate of drug-likeness (QED) is 0.853. The van der Waals surface area contributed by atoms with E-state index in [4.69, 9.17) is 4.74 Å². The molecule has 0 radical (unpaired) electrons. The Morgan fingerprint density at radius 3 is 2.89 bits per heavy atom. The first kappa shape index (κ1) is 12.6. The maximum Gasteiger partial charge on any atom is 0.240 e. The molecule has 3 rings (SSSR count). The molecular weight excluding hydrogens is 240 g/mol. The fourth-order valence-electron chi connectivity index (χ4n) is 2.72. The van der Waals surface area contributed by atoms with Gasteiger partial charge in [0.15, 0.2) is 0 Å². The molecule has 0 spiro atoms. The second-order valence-electron chi connectivity index (χ2n) is 5.38. The summed E-state index contributed by atoms with van der Waals surface area (Å²) >= 11 is 0. The molecule has 2 N–H and O–H groups in total. The largest absolute Gasteiger partial charge is 0.375 e. The Kier molecular flexibility index (Phi) is 3.53. The third-order valence-electron chi connectivity index (χ3n) is 3.94. The smallest absolute Gasteiger partial charge is 0.240 e. The van der Waals surface area contributed by atoms with Gasteiger partial charge in [-0.05, 0) is 18.9 Å². The van der Waals surface area contributed by atoms with Crippen molar-refractivity contribution in [2.75, 3.05) is 13.2 Å². The van der Waals surface area contributed by atoms with E-state index in [1.165, 1.54) is 5.56 Å². The third kappa shape index (κ3) is 2.80. The van der Waals surface area contributed by atoms with Crippen LogP contribution in [0.4, 0.5) is 0 Å². The van der Waals surface area contributed by atoms with E-state index in [0.29, 0.717) is 12.5 Å². The van der Waals surface area contributed by atoms with Crippen LogP contribution >= 0.6 is 0 Å². The molecule has 19 heavy (non-hydrogen) atoms. The fraction of sp³-hybridized carbons (Fsp3) is 0.533. The zero-order valence-electron chi connectivity index (χ0n) is 11.1.